The minimum atomic E-state index is 0.450. The lowest BCUT2D eigenvalue weighted by Crippen LogP contribution is -2.07. The van der Waals surface area contributed by atoms with Gasteiger partial charge < -0.3 is 8.94 Å². The first-order valence-corrected chi connectivity index (χ1v) is 10.3. The number of rotatable bonds is 7. The first-order chi connectivity index (χ1) is 13.6. The van der Waals surface area contributed by atoms with Crippen molar-refractivity contribution in [3.8, 4) is 22.8 Å². The van der Waals surface area contributed by atoms with Gasteiger partial charge in [-0.3, -0.25) is 4.57 Å². The maximum absolute atomic E-state index is 5.94. The lowest BCUT2D eigenvalue weighted by atomic mass is 10.1. The van der Waals surface area contributed by atoms with E-state index in [9.17, 15) is 0 Å². The number of benzene rings is 1. The fraction of sp³-hybridized carbons (Fsp3) is 0.250. The van der Waals surface area contributed by atoms with Crippen molar-refractivity contribution in [1.29, 1.82) is 0 Å². The van der Waals surface area contributed by atoms with E-state index >= 15 is 0 Å². The second-order valence-corrected chi connectivity index (χ2v) is 8.14. The van der Waals surface area contributed by atoms with E-state index in [1.165, 1.54) is 0 Å². The molecule has 0 aliphatic carbocycles. The van der Waals surface area contributed by atoms with Crippen molar-refractivity contribution in [3.63, 3.8) is 0 Å². The van der Waals surface area contributed by atoms with Crippen molar-refractivity contribution in [2.24, 2.45) is 5.92 Å². The molecule has 144 valence electrons. The number of furan rings is 1. The molecular formula is C20H19ClN4O2S. The van der Waals surface area contributed by atoms with Crippen LogP contribution in [0.2, 0.25) is 5.02 Å². The van der Waals surface area contributed by atoms with Crippen LogP contribution in [0.1, 0.15) is 19.6 Å². The number of hydrogen-bond donors (Lipinski definition) is 0. The summed E-state index contributed by atoms with van der Waals surface area (Å²) in [5, 5.41) is 14.4. The highest BCUT2D eigenvalue weighted by molar-refractivity contribution is 7.98. The van der Waals surface area contributed by atoms with Crippen molar-refractivity contribution in [3.05, 3.63) is 59.5 Å². The molecule has 0 fully saturated rings. The Balaban J connectivity index is 1.51. The molecule has 6 nitrogen and oxygen atoms in total. The molecule has 3 heterocycles. The Kier molecular flexibility index (Phi) is 5.54. The van der Waals surface area contributed by atoms with Crippen LogP contribution in [0.5, 0.6) is 0 Å². The van der Waals surface area contributed by atoms with Crippen LogP contribution in [0, 0.1) is 5.92 Å². The van der Waals surface area contributed by atoms with Gasteiger partial charge in [-0.25, -0.2) is 0 Å². The molecule has 8 heteroatoms. The molecule has 0 aliphatic rings. The number of aromatic nitrogens is 4. The van der Waals surface area contributed by atoms with Gasteiger partial charge in [0, 0.05) is 23.2 Å². The summed E-state index contributed by atoms with van der Waals surface area (Å²) in [7, 11) is 0. The third-order valence-corrected chi connectivity index (χ3v) is 5.29. The van der Waals surface area contributed by atoms with Gasteiger partial charge in [-0.15, -0.1) is 10.2 Å². The van der Waals surface area contributed by atoms with E-state index in [-0.39, 0.29) is 0 Å². The predicted molar refractivity (Wildman–Crippen MR) is 109 cm³/mol. The van der Waals surface area contributed by atoms with Crippen LogP contribution in [0.15, 0.2) is 62.8 Å². The van der Waals surface area contributed by atoms with E-state index in [1.807, 2.05) is 42.5 Å². The molecule has 4 rings (SSSR count). The standard InChI is InChI=1S/C20H19ClN4O2S/c1-13(2)11-25-19(18-4-3-9-26-18)22-23-20(25)28-12-16-10-17(24-27-16)14-5-7-15(21)8-6-14/h3-10,13H,11-12H2,1-2H3. The maximum Gasteiger partial charge on any atom is 0.200 e. The van der Waals surface area contributed by atoms with Crippen LogP contribution in [0.3, 0.4) is 0 Å². The normalized spacial score (nSPS) is 11.4. The summed E-state index contributed by atoms with van der Waals surface area (Å²) in [4.78, 5) is 0. The highest BCUT2D eigenvalue weighted by Gasteiger charge is 2.18. The molecule has 28 heavy (non-hydrogen) atoms. The highest BCUT2D eigenvalue weighted by atomic mass is 35.5. The summed E-state index contributed by atoms with van der Waals surface area (Å²) in [5.74, 6) is 3.28. The Morgan fingerprint density at radius 2 is 1.96 bits per heavy atom. The smallest absolute Gasteiger partial charge is 0.200 e. The van der Waals surface area contributed by atoms with Gasteiger partial charge in [0.2, 0.25) is 0 Å². The van der Waals surface area contributed by atoms with Crippen molar-refractivity contribution < 1.29 is 8.94 Å². The van der Waals surface area contributed by atoms with Gasteiger partial charge in [0.15, 0.2) is 16.7 Å². The van der Waals surface area contributed by atoms with E-state index in [2.05, 4.69) is 33.8 Å². The molecule has 3 aromatic heterocycles. The monoisotopic (exact) mass is 414 g/mol. The number of halogens is 1. The second-order valence-electron chi connectivity index (χ2n) is 6.76. The van der Waals surface area contributed by atoms with Gasteiger partial charge in [0.1, 0.15) is 11.5 Å². The SMILES string of the molecule is CC(C)Cn1c(SCc2cc(-c3ccc(Cl)cc3)no2)nnc1-c1ccco1. The fourth-order valence-corrected chi connectivity index (χ4v) is 3.74. The average molecular weight is 415 g/mol. The fourth-order valence-electron chi connectivity index (χ4n) is 2.79. The summed E-state index contributed by atoms with van der Waals surface area (Å²) in [6, 6.07) is 13.2. The number of thioether (sulfide) groups is 1. The summed E-state index contributed by atoms with van der Waals surface area (Å²) >= 11 is 7.51. The van der Waals surface area contributed by atoms with Gasteiger partial charge in [0.25, 0.3) is 0 Å². The zero-order valence-electron chi connectivity index (χ0n) is 15.5. The van der Waals surface area contributed by atoms with E-state index in [0.717, 1.165) is 34.5 Å². The third-order valence-electron chi connectivity index (χ3n) is 4.05. The molecule has 0 bridgehead atoms. The Morgan fingerprint density at radius 1 is 1.14 bits per heavy atom. The lowest BCUT2D eigenvalue weighted by Gasteiger charge is -2.10. The molecule has 0 saturated carbocycles. The average Bonchev–Trinajstić information content (AvgIpc) is 3.41. The van der Waals surface area contributed by atoms with Crippen LogP contribution >= 0.6 is 23.4 Å². The molecule has 4 aromatic rings. The Bertz CT molecular complexity index is 1040. The maximum atomic E-state index is 5.94. The first-order valence-electron chi connectivity index (χ1n) is 8.91. The summed E-state index contributed by atoms with van der Waals surface area (Å²) < 4.78 is 13.1. The van der Waals surface area contributed by atoms with E-state index < -0.39 is 0 Å². The second kappa shape index (κ2) is 8.24. The molecule has 0 spiro atoms. The summed E-state index contributed by atoms with van der Waals surface area (Å²) in [6.07, 6.45) is 1.64. The predicted octanol–water partition coefficient (Wildman–Crippen LogP) is 5.79. The molecule has 0 aliphatic heterocycles. The minimum Gasteiger partial charge on any atom is -0.461 e. The Morgan fingerprint density at radius 3 is 2.68 bits per heavy atom. The van der Waals surface area contributed by atoms with E-state index in [0.29, 0.717) is 22.5 Å². The van der Waals surface area contributed by atoms with Crippen molar-refractivity contribution in [2.45, 2.75) is 31.3 Å². The molecule has 0 radical (unpaired) electrons. The molecule has 1 aromatic carbocycles. The first kappa shape index (κ1) is 18.8. The van der Waals surface area contributed by atoms with Crippen LogP contribution in [-0.2, 0) is 12.3 Å². The quantitative estimate of drug-likeness (QED) is 0.356. The van der Waals surface area contributed by atoms with Gasteiger partial charge in [-0.2, -0.15) is 0 Å². The van der Waals surface area contributed by atoms with Crippen LogP contribution in [0.25, 0.3) is 22.8 Å². The van der Waals surface area contributed by atoms with E-state index in [1.54, 1.807) is 18.0 Å². The number of nitrogens with zero attached hydrogens (tertiary/aromatic N) is 4. The highest BCUT2D eigenvalue weighted by Crippen LogP contribution is 2.29. The Hall–Kier alpha value is -2.51. The summed E-state index contributed by atoms with van der Waals surface area (Å²) in [5.41, 5.74) is 1.75. The molecule has 0 N–H and O–H groups in total. The third kappa shape index (κ3) is 4.15. The van der Waals surface area contributed by atoms with Crippen molar-refractivity contribution in [2.75, 3.05) is 0 Å². The lowest BCUT2D eigenvalue weighted by molar-refractivity contribution is 0.397. The number of hydrogen-bond acceptors (Lipinski definition) is 6. The van der Waals surface area contributed by atoms with Gasteiger partial charge in [-0.05, 0) is 30.2 Å². The molecule has 0 atom stereocenters. The van der Waals surface area contributed by atoms with E-state index in [4.69, 9.17) is 20.5 Å². The zero-order valence-corrected chi connectivity index (χ0v) is 17.1. The molecule has 0 amide bonds. The van der Waals surface area contributed by atoms with Crippen molar-refractivity contribution in [1.82, 2.24) is 19.9 Å². The van der Waals surface area contributed by atoms with Gasteiger partial charge in [-0.1, -0.05) is 54.5 Å². The largest absolute Gasteiger partial charge is 0.461 e. The van der Waals surface area contributed by atoms with Crippen molar-refractivity contribution >= 4 is 23.4 Å². The molecule has 0 unspecified atom stereocenters. The Labute approximate surface area is 171 Å². The zero-order chi connectivity index (χ0) is 19.5. The molecular weight excluding hydrogens is 396 g/mol. The van der Waals surface area contributed by atoms with Gasteiger partial charge >= 0.3 is 0 Å². The topological polar surface area (TPSA) is 69.9 Å². The van der Waals surface area contributed by atoms with Gasteiger partial charge in [0.05, 0.1) is 12.0 Å². The van der Waals surface area contributed by atoms with Crippen LogP contribution in [0.4, 0.5) is 0 Å². The van der Waals surface area contributed by atoms with Crippen LogP contribution < -0.4 is 0 Å². The molecule has 0 saturated heterocycles. The minimum absolute atomic E-state index is 0.450. The van der Waals surface area contributed by atoms with Crippen LogP contribution in [-0.4, -0.2) is 19.9 Å². The summed E-state index contributed by atoms with van der Waals surface area (Å²) in [6.45, 7) is 5.13.